The molecule has 8 heteroatoms. The Labute approximate surface area is 170 Å². The van der Waals surface area contributed by atoms with Gasteiger partial charge < -0.3 is 25.4 Å². The maximum Gasteiger partial charge on any atom is 0.407 e. The minimum absolute atomic E-state index is 0. The molecule has 7 nitrogen and oxygen atoms in total. The molecule has 150 valence electrons. The lowest BCUT2D eigenvalue weighted by molar-refractivity contribution is 0.143. The number of alkyl carbamates (subject to hydrolysis) is 1. The fourth-order valence-electron chi connectivity index (χ4n) is 2.22. The number of carbonyl (C=O) groups is 1. The highest BCUT2D eigenvalue weighted by molar-refractivity contribution is 14.0. The molecular weight excluding hydrogens is 435 g/mol. The van der Waals surface area contributed by atoms with Gasteiger partial charge in [0.25, 0.3) is 0 Å². The van der Waals surface area contributed by atoms with Crippen LogP contribution in [0.15, 0.2) is 4.99 Å². The van der Waals surface area contributed by atoms with Gasteiger partial charge in [0.15, 0.2) is 5.96 Å². The van der Waals surface area contributed by atoms with Gasteiger partial charge in [0, 0.05) is 39.4 Å². The summed E-state index contributed by atoms with van der Waals surface area (Å²) < 4.78 is 10.3. The number of unbranched alkanes of at least 4 members (excludes halogenated alkanes) is 1. The molecule has 1 amide bonds. The summed E-state index contributed by atoms with van der Waals surface area (Å²) in [4.78, 5) is 15.8. The summed E-state index contributed by atoms with van der Waals surface area (Å²) in [7, 11) is 1.74. The van der Waals surface area contributed by atoms with Crippen LogP contribution in [0, 0.1) is 5.92 Å². The predicted molar refractivity (Wildman–Crippen MR) is 114 cm³/mol. The van der Waals surface area contributed by atoms with E-state index in [-0.39, 0.29) is 36.1 Å². The molecule has 0 radical (unpaired) electrons. The summed E-state index contributed by atoms with van der Waals surface area (Å²) in [6.07, 6.45) is 2.55. The van der Waals surface area contributed by atoms with E-state index in [2.05, 4.69) is 34.8 Å². The fourth-order valence-corrected chi connectivity index (χ4v) is 2.22. The second-order valence-corrected chi connectivity index (χ2v) is 5.98. The molecule has 0 saturated carbocycles. The topological polar surface area (TPSA) is 84.0 Å². The number of carbonyl (C=O) groups excluding carboxylic acids is 1. The number of nitrogens with one attached hydrogen (secondary N) is 3. The van der Waals surface area contributed by atoms with E-state index in [1.165, 1.54) is 0 Å². The third kappa shape index (κ3) is 16.4. The normalized spacial score (nSPS) is 12.3. The molecule has 0 fully saturated rings. The Morgan fingerprint density at radius 1 is 1.12 bits per heavy atom. The van der Waals surface area contributed by atoms with Gasteiger partial charge in [-0.25, -0.2) is 4.79 Å². The van der Waals surface area contributed by atoms with Gasteiger partial charge in [-0.3, -0.25) is 4.99 Å². The van der Waals surface area contributed by atoms with Crippen LogP contribution >= 0.6 is 24.0 Å². The molecule has 0 aromatic carbocycles. The van der Waals surface area contributed by atoms with E-state index in [9.17, 15) is 4.79 Å². The second-order valence-electron chi connectivity index (χ2n) is 5.98. The Bertz CT molecular complexity index is 355. The highest BCUT2D eigenvalue weighted by atomic mass is 127. The number of ether oxygens (including phenoxy) is 2. The molecule has 25 heavy (non-hydrogen) atoms. The van der Waals surface area contributed by atoms with Gasteiger partial charge >= 0.3 is 6.09 Å². The molecule has 0 aliphatic carbocycles. The molecular formula is C17H37IN4O3. The summed E-state index contributed by atoms with van der Waals surface area (Å²) in [5.74, 6) is 1.22. The van der Waals surface area contributed by atoms with Gasteiger partial charge in [0.1, 0.15) is 0 Å². The molecule has 0 aliphatic heterocycles. The average molecular weight is 472 g/mol. The van der Waals surface area contributed by atoms with Gasteiger partial charge in [0.05, 0.1) is 6.61 Å². The zero-order valence-corrected chi connectivity index (χ0v) is 18.7. The van der Waals surface area contributed by atoms with Crippen molar-refractivity contribution in [2.45, 2.75) is 53.0 Å². The van der Waals surface area contributed by atoms with Crippen LogP contribution in [0.2, 0.25) is 0 Å². The van der Waals surface area contributed by atoms with E-state index in [1.54, 1.807) is 14.0 Å². The van der Waals surface area contributed by atoms with E-state index in [0.717, 1.165) is 45.0 Å². The number of halogens is 1. The average Bonchev–Trinajstić information content (AvgIpc) is 2.53. The van der Waals surface area contributed by atoms with Gasteiger partial charge in [-0.1, -0.05) is 13.8 Å². The molecule has 0 rings (SSSR count). The quantitative estimate of drug-likeness (QED) is 0.176. The van der Waals surface area contributed by atoms with Crippen molar-refractivity contribution in [3.63, 3.8) is 0 Å². The van der Waals surface area contributed by atoms with Crippen LogP contribution in [0.25, 0.3) is 0 Å². The Hall–Kier alpha value is -0.770. The van der Waals surface area contributed by atoms with Crippen LogP contribution in [0.5, 0.6) is 0 Å². The van der Waals surface area contributed by atoms with E-state index in [0.29, 0.717) is 19.1 Å². The molecule has 0 heterocycles. The van der Waals surface area contributed by atoms with Crippen molar-refractivity contribution in [3.05, 3.63) is 0 Å². The third-order valence-electron chi connectivity index (χ3n) is 3.30. The first kappa shape index (κ1) is 26.5. The number of hydrogen-bond donors (Lipinski definition) is 3. The highest BCUT2D eigenvalue weighted by Crippen LogP contribution is 2.04. The largest absolute Gasteiger partial charge is 0.450 e. The third-order valence-corrected chi connectivity index (χ3v) is 3.30. The summed E-state index contributed by atoms with van der Waals surface area (Å²) in [5.41, 5.74) is 0. The number of amides is 1. The van der Waals surface area contributed by atoms with Crippen molar-refractivity contribution in [1.29, 1.82) is 0 Å². The molecule has 0 saturated heterocycles. The Morgan fingerprint density at radius 3 is 2.40 bits per heavy atom. The molecule has 0 aromatic rings. The van der Waals surface area contributed by atoms with Gasteiger partial charge in [-0.2, -0.15) is 0 Å². The van der Waals surface area contributed by atoms with Crippen LogP contribution in [-0.4, -0.2) is 58.1 Å². The predicted octanol–water partition coefficient (Wildman–Crippen LogP) is 2.75. The monoisotopic (exact) mass is 472 g/mol. The van der Waals surface area contributed by atoms with E-state index < -0.39 is 0 Å². The van der Waals surface area contributed by atoms with Crippen LogP contribution in [0.1, 0.15) is 47.0 Å². The number of aliphatic imine (C=N–C) groups is 1. The zero-order valence-electron chi connectivity index (χ0n) is 16.4. The van der Waals surface area contributed by atoms with Crippen molar-refractivity contribution in [1.82, 2.24) is 16.0 Å². The summed E-state index contributed by atoms with van der Waals surface area (Å²) in [6, 6.07) is 0.000513. The Morgan fingerprint density at radius 2 is 1.84 bits per heavy atom. The summed E-state index contributed by atoms with van der Waals surface area (Å²) in [6.45, 7) is 11.4. The van der Waals surface area contributed by atoms with Crippen molar-refractivity contribution in [2.24, 2.45) is 10.9 Å². The fraction of sp³-hybridized carbons (Fsp3) is 0.882. The first-order valence-electron chi connectivity index (χ1n) is 8.98. The molecule has 0 bridgehead atoms. The molecule has 0 aromatic heterocycles. The lowest BCUT2D eigenvalue weighted by Crippen LogP contribution is -2.47. The van der Waals surface area contributed by atoms with E-state index in [4.69, 9.17) is 9.47 Å². The maximum absolute atomic E-state index is 11.6. The van der Waals surface area contributed by atoms with Gasteiger partial charge in [0.2, 0.25) is 0 Å². The van der Waals surface area contributed by atoms with Crippen LogP contribution in [-0.2, 0) is 9.47 Å². The Kier molecular flexibility index (Phi) is 19.1. The standard InChI is InChI=1S/C17H36N4O3.HI/c1-6-23-11-9-8-10-19-16(18-5)20-13-15(12-14(3)4)21-17(22)24-7-2;/h14-15H,6-13H2,1-5H3,(H,21,22)(H2,18,19,20);1H. The van der Waals surface area contributed by atoms with Crippen molar-refractivity contribution in [2.75, 3.05) is 40.0 Å². The smallest absolute Gasteiger partial charge is 0.407 e. The molecule has 3 N–H and O–H groups in total. The van der Waals surface area contributed by atoms with Gasteiger partial charge in [-0.05, 0) is 39.0 Å². The SMILES string of the molecule is CCOCCCCNC(=NC)NCC(CC(C)C)NC(=O)OCC.I. The van der Waals surface area contributed by atoms with Crippen LogP contribution < -0.4 is 16.0 Å². The number of hydrogen-bond acceptors (Lipinski definition) is 4. The van der Waals surface area contributed by atoms with Gasteiger partial charge in [-0.15, -0.1) is 24.0 Å². The minimum atomic E-state index is -0.371. The molecule has 0 spiro atoms. The van der Waals surface area contributed by atoms with E-state index in [1.807, 2.05) is 6.92 Å². The lowest BCUT2D eigenvalue weighted by atomic mass is 10.0. The number of rotatable bonds is 12. The van der Waals surface area contributed by atoms with Crippen molar-refractivity contribution >= 4 is 36.0 Å². The molecule has 0 aliphatic rings. The first-order chi connectivity index (χ1) is 11.5. The molecule has 1 atom stereocenters. The molecule has 1 unspecified atom stereocenters. The lowest BCUT2D eigenvalue weighted by Gasteiger charge is -2.22. The maximum atomic E-state index is 11.6. The summed E-state index contributed by atoms with van der Waals surface area (Å²) >= 11 is 0. The number of nitrogens with zero attached hydrogens (tertiary/aromatic N) is 1. The minimum Gasteiger partial charge on any atom is -0.450 e. The van der Waals surface area contributed by atoms with E-state index >= 15 is 0 Å². The first-order valence-corrected chi connectivity index (χ1v) is 8.98. The second kappa shape index (κ2) is 18.0. The number of guanidine groups is 1. The Balaban J connectivity index is 0. The van der Waals surface area contributed by atoms with Crippen molar-refractivity contribution in [3.8, 4) is 0 Å². The van der Waals surface area contributed by atoms with Crippen LogP contribution in [0.3, 0.4) is 0 Å². The summed E-state index contributed by atoms with van der Waals surface area (Å²) in [5, 5.41) is 9.43. The van der Waals surface area contributed by atoms with Crippen LogP contribution in [0.4, 0.5) is 4.79 Å². The highest BCUT2D eigenvalue weighted by Gasteiger charge is 2.15. The zero-order chi connectivity index (χ0) is 18.2. The van der Waals surface area contributed by atoms with Crippen molar-refractivity contribution < 1.29 is 14.3 Å².